The number of halogens is 1. The van der Waals surface area contributed by atoms with Crippen LogP contribution < -0.4 is 4.74 Å². The lowest BCUT2D eigenvalue weighted by Gasteiger charge is -2.23. The van der Waals surface area contributed by atoms with Crippen molar-refractivity contribution in [2.75, 3.05) is 7.11 Å². The molecule has 122 valence electrons. The fourth-order valence-corrected chi connectivity index (χ4v) is 2.79. The molecule has 0 spiro atoms. The van der Waals surface area contributed by atoms with E-state index in [2.05, 4.69) is 10.2 Å². The van der Waals surface area contributed by atoms with Gasteiger partial charge in [0.05, 0.1) is 13.0 Å². The molecule has 23 heavy (non-hydrogen) atoms. The van der Waals surface area contributed by atoms with Crippen molar-refractivity contribution in [3.63, 3.8) is 0 Å². The minimum Gasteiger partial charge on any atom is -0.483 e. The predicted octanol–water partition coefficient (Wildman–Crippen LogP) is 2.29. The van der Waals surface area contributed by atoms with Gasteiger partial charge in [0, 0.05) is 13.0 Å². The zero-order valence-corrected chi connectivity index (χ0v) is 13.0. The number of rotatable bonds is 4. The van der Waals surface area contributed by atoms with Crippen LogP contribution in [-0.2, 0) is 22.5 Å². The predicted molar refractivity (Wildman–Crippen MR) is 79.3 cm³/mol. The van der Waals surface area contributed by atoms with Gasteiger partial charge < -0.3 is 14.0 Å². The third-order valence-corrected chi connectivity index (χ3v) is 4.01. The molecule has 7 heteroatoms. The molecule has 0 amide bonds. The first-order valence-corrected chi connectivity index (χ1v) is 7.50. The number of hydrogen-bond acceptors (Lipinski definition) is 5. The van der Waals surface area contributed by atoms with Gasteiger partial charge in [-0.15, -0.1) is 10.2 Å². The van der Waals surface area contributed by atoms with Crippen LogP contribution in [0.25, 0.3) is 0 Å². The fourth-order valence-electron chi connectivity index (χ4n) is 2.79. The SMILES string of the molecule is COC(=O)C1CCn2c(nnc2C(C)Oc2ccc(F)cc2)C1. The largest absolute Gasteiger partial charge is 0.483 e. The summed E-state index contributed by atoms with van der Waals surface area (Å²) in [6, 6.07) is 5.85. The first kappa shape index (κ1) is 15.5. The van der Waals surface area contributed by atoms with Crippen molar-refractivity contribution < 1.29 is 18.7 Å². The second-order valence-corrected chi connectivity index (χ2v) is 5.55. The van der Waals surface area contributed by atoms with Crippen molar-refractivity contribution in [1.29, 1.82) is 0 Å². The number of benzene rings is 1. The van der Waals surface area contributed by atoms with Crippen LogP contribution in [0.3, 0.4) is 0 Å². The first-order chi connectivity index (χ1) is 11.1. The molecule has 0 N–H and O–H groups in total. The number of methoxy groups -OCH3 is 1. The molecule has 0 radical (unpaired) electrons. The zero-order valence-electron chi connectivity index (χ0n) is 13.0. The van der Waals surface area contributed by atoms with E-state index in [1.165, 1.54) is 19.2 Å². The average Bonchev–Trinajstić information content (AvgIpc) is 2.99. The molecule has 2 unspecified atom stereocenters. The van der Waals surface area contributed by atoms with Crippen LogP contribution in [0, 0.1) is 11.7 Å². The maximum atomic E-state index is 12.9. The summed E-state index contributed by atoms with van der Waals surface area (Å²) >= 11 is 0. The highest BCUT2D eigenvalue weighted by atomic mass is 19.1. The van der Waals surface area contributed by atoms with Gasteiger partial charge in [0.15, 0.2) is 11.9 Å². The molecule has 1 aliphatic heterocycles. The minimum absolute atomic E-state index is 0.169. The van der Waals surface area contributed by atoms with Gasteiger partial charge in [0.1, 0.15) is 17.4 Å². The van der Waals surface area contributed by atoms with Crippen molar-refractivity contribution in [2.45, 2.75) is 32.4 Å². The van der Waals surface area contributed by atoms with Gasteiger partial charge in [-0.05, 0) is 37.6 Å². The summed E-state index contributed by atoms with van der Waals surface area (Å²) in [7, 11) is 1.39. The number of hydrogen-bond donors (Lipinski definition) is 0. The van der Waals surface area contributed by atoms with Crippen LogP contribution in [0.5, 0.6) is 5.75 Å². The number of carbonyl (C=O) groups is 1. The Morgan fingerprint density at radius 3 is 2.78 bits per heavy atom. The number of fused-ring (bicyclic) bond motifs is 1. The van der Waals surface area contributed by atoms with Crippen molar-refractivity contribution in [3.05, 3.63) is 41.7 Å². The van der Waals surface area contributed by atoms with E-state index in [1.807, 2.05) is 11.5 Å². The molecule has 1 aromatic carbocycles. The normalized spacial score (nSPS) is 18.1. The minimum atomic E-state index is -0.323. The van der Waals surface area contributed by atoms with Gasteiger partial charge in [-0.2, -0.15) is 0 Å². The maximum absolute atomic E-state index is 12.9. The van der Waals surface area contributed by atoms with E-state index in [0.717, 1.165) is 5.82 Å². The van der Waals surface area contributed by atoms with E-state index in [1.54, 1.807) is 12.1 Å². The Hall–Kier alpha value is -2.44. The summed E-state index contributed by atoms with van der Waals surface area (Å²) in [5.41, 5.74) is 0. The molecule has 2 aromatic rings. The lowest BCUT2D eigenvalue weighted by Crippen LogP contribution is -2.28. The van der Waals surface area contributed by atoms with Crippen LogP contribution >= 0.6 is 0 Å². The standard InChI is InChI=1S/C16H18FN3O3/c1-10(23-13-5-3-12(17)4-6-13)15-19-18-14-9-11(16(21)22-2)7-8-20(14)15/h3-6,10-11H,7-9H2,1-2H3. The average molecular weight is 319 g/mol. The summed E-state index contributed by atoms with van der Waals surface area (Å²) in [6.07, 6.45) is 0.882. The van der Waals surface area contributed by atoms with Crippen LogP contribution in [0.1, 0.15) is 31.1 Å². The van der Waals surface area contributed by atoms with Gasteiger partial charge in [-0.3, -0.25) is 4.79 Å². The lowest BCUT2D eigenvalue weighted by molar-refractivity contribution is -0.146. The molecular formula is C16H18FN3O3. The zero-order chi connectivity index (χ0) is 16.4. The van der Waals surface area contributed by atoms with Gasteiger partial charge in [0.2, 0.25) is 0 Å². The maximum Gasteiger partial charge on any atom is 0.309 e. The summed E-state index contributed by atoms with van der Waals surface area (Å²) in [6.45, 7) is 2.52. The number of carbonyl (C=O) groups excluding carboxylic acids is 1. The van der Waals surface area contributed by atoms with E-state index in [-0.39, 0.29) is 23.8 Å². The summed E-state index contributed by atoms with van der Waals surface area (Å²) in [4.78, 5) is 11.7. The Morgan fingerprint density at radius 1 is 1.35 bits per heavy atom. The first-order valence-electron chi connectivity index (χ1n) is 7.50. The second kappa shape index (κ2) is 6.36. The van der Waals surface area contributed by atoms with Gasteiger partial charge >= 0.3 is 5.97 Å². The topological polar surface area (TPSA) is 66.2 Å². The summed E-state index contributed by atoms with van der Waals surface area (Å²) in [5.74, 6) is 1.34. The summed E-state index contributed by atoms with van der Waals surface area (Å²) in [5, 5.41) is 8.36. The Bertz CT molecular complexity index is 699. The number of aromatic nitrogens is 3. The molecule has 2 heterocycles. The molecule has 1 aromatic heterocycles. The summed E-state index contributed by atoms with van der Waals surface area (Å²) < 4.78 is 25.5. The third-order valence-electron chi connectivity index (χ3n) is 4.01. The molecule has 0 saturated carbocycles. The highest BCUT2D eigenvalue weighted by Gasteiger charge is 2.30. The molecule has 0 fully saturated rings. The highest BCUT2D eigenvalue weighted by Crippen LogP contribution is 2.26. The third kappa shape index (κ3) is 3.18. The second-order valence-electron chi connectivity index (χ2n) is 5.55. The monoisotopic (exact) mass is 319 g/mol. The van der Waals surface area contributed by atoms with Crippen molar-refractivity contribution >= 4 is 5.97 Å². The van der Waals surface area contributed by atoms with Crippen LogP contribution in [0.15, 0.2) is 24.3 Å². The van der Waals surface area contributed by atoms with E-state index in [4.69, 9.17) is 9.47 Å². The van der Waals surface area contributed by atoms with E-state index >= 15 is 0 Å². The van der Waals surface area contributed by atoms with Crippen molar-refractivity contribution in [1.82, 2.24) is 14.8 Å². The van der Waals surface area contributed by atoms with Crippen LogP contribution in [-0.4, -0.2) is 27.8 Å². The Labute approximate surface area is 133 Å². The quantitative estimate of drug-likeness (QED) is 0.809. The molecule has 3 rings (SSSR count). The Balaban J connectivity index is 1.74. The molecule has 2 atom stereocenters. The Morgan fingerprint density at radius 2 is 2.09 bits per heavy atom. The van der Waals surface area contributed by atoms with Crippen LogP contribution in [0.2, 0.25) is 0 Å². The van der Waals surface area contributed by atoms with Crippen molar-refractivity contribution in [2.24, 2.45) is 5.92 Å². The van der Waals surface area contributed by atoms with Crippen molar-refractivity contribution in [3.8, 4) is 5.75 Å². The van der Waals surface area contributed by atoms with E-state index in [0.29, 0.717) is 31.0 Å². The molecule has 0 bridgehead atoms. The molecular weight excluding hydrogens is 301 g/mol. The lowest BCUT2D eigenvalue weighted by atomic mass is 9.98. The van der Waals surface area contributed by atoms with E-state index < -0.39 is 0 Å². The molecule has 0 saturated heterocycles. The van der Waals surface area contributed by atoms with Crippen LogP contribution in [0.4, 0.5) is 4.39 Å². The smallest absolute Gasteiger partial charge is 0.309 e. The van der Waals surface area contributed by atoms with Gasteiger partial charge in [-0.1, -0.05) is 0 Å². The van der Waals surface area contributed by atoms with E-state index in [9.17, 15) is 9.18 Å². The number of nitrogens with zero attached hydrogens (tertiary/aromatic N) is 3. The molecule has 6 nitrogen and oxygen atoms in total. The van der Waals surface area contributed by atoms with Gasteiger partial charge in [-0.25, -0.2) is 4.39 Å². The molecule has 1 aliphatic rings. The highest BCUT2D eigenvalue weighted by molar-refractivity contribution is 5.72. The van der Waals surface area contributed by atoms with Gasteiger partial charge in [0.25, 0.3) is 0 Å². The molecule has 0 aliphatic carbocycles. The number of ether oxygens (including phenoxy) is 2. The number of esters is 1. The Kier molecular flexibility index (Phi) is 4.27. The fraction of sp³-hybridized carbons (Fsp3) is 0.438.